The fourth-order valence-corrected chi connectivity index (χ4v) is 1.44. The van der Waals surface area contributed by atoms with Gasteiger partial charge in [0.25, 0.3) is 0 Å². The Morgan fingerprint density at radius 2 is 1.71 bits per heavy atom. The summed E-state index contributed by atoms with van der Waals surface area (Å²) in [6, 6.07) is -2.33. The molecule has 14 heavy (non-hydrogen) atoms. The van der Waals surface area contributed by atoms with Gasteiger partial charge in [-0.1, -0.05) is 0 Å². The molecule has 1 heterocycles. The Kier molecular flexibility index (Phi) is 3.40. The number of hydrogen-bond donors (Lipinski definition) is 6. The van der Waals surface area contributed by atoms with E-state index in [-0.39, 0.29) is 0 Å². The highest BCUT2D eigenvalue weighted by molar-refractivity contribution is 5.74. The molecule has 1 fully saturated rings. The van der Waals surface area contributed by atoms with Gasteiger partial charge in [-0.3, -0.25) is 10.1 Å². The molecule has 0 spiro atoms. The van der Waals surface area contributed by atoms with Gasteiger partial charge < -0.3 is 25.5 Å². The highest BCUT2D eigenvalue weighted by Crippen LogP contribution is 2.15. The summed E-state index contributed by atoms with van der Waals surface area (Å²) in [5.74, 6) is -1.35. The molecule has 0 amide bonds. The summed E-state index contributed by atoms with van der Waals surface area (Å²) in [5, 5.41) is 47.5. The number of carbonyl (C=O) groups is 1. The minimum Gasteiger partial charge on any atom is -0.480 e. The van der Waals surface area contributed by atoms with Gasteiger partial charge in [0.1, 0.15) is 24.4 Å². The predicted octanol–water partition coefficient (Wildman–Crippen LogP) is -3.51. The van der Waals surface area contributed by atoms with Crippen LogP contribution in [0.5, 0.6) is 0 Å². The number of aliphatic carboxylic acids is 1. The van der Waals surface area contributed by atoms with Gasteiger partial charge in [-0.15, -0.1) is 0 Å². The van der Waals surface area contributed by atoms with Crippen molar-refractivity contribution in [2.45, 2.75) is 30.4 Å². The van der Waals surface area contributed by atoms with Crippen LogP contribution < -0.4 is 5.32 Å². The molecule has 0 saturated carbocycles. The summed E-state index contributed by atoms with van der Waals surface area (Å²) in [6.45, 7) is -0.519. The first-order valence-corrected chi connectivity index (χ1v) is 4.13. The van der Waals surface area contributed by atoms with Gasteiger partial charge in [-0.05, 0) is 0 Å². The molecule has 0 aromatic heterocycles. The zero-order valence-corrected chi connectivity index (χ0v) is 7.24. The summed E-state index contributed by atoms with van der Waals surface area (Å²) < 4.78 is 0. The third-order valence-electron chi connectivity index (χ3n) is 2.31. The molecule has 0 aromatic carbocycles. The van der Waals surface area contributed by atoms with E-state index in [0.29, 0.717) is 0 Å². The lowest BCUT2D eigenvalue weighted by atomic mass is 9.90. The van der Waals surface area contributed by atoms with Crippen LogP contribution in [0.2, 0.25) is 0 Å². The minimum atomic E-state index is -1.59. The monoisotopic (exact) mass is 207 g/mol. The van der Waals surface area contributed by atoms with Gasteiger partial charge in [-0.25, -0.2) is 0 Å². The number of hydrogen-bond acceptors (Lipinski definition) is 6. The van der Waals surface area contributed by atoms with Gasteiger partial charge in [0, 0.05) is 0 Å². The van der Waals surface area contributed by atoms with E-state index in [4.69, 9.17) is 10.2 Å². The molecule has 0 radical (unpaired) electrons. The van der Waals surface area contributed by atoms with Gasteiger partial charge >= 0.3 is 5.97 Å². The van der Waals surface area contributed by atoms with Gasteiger partial charge in [0.2, 0.25) is 0 Å². The van der Waals surface area contributed by atoms with Gasteiger partial charge in [0.05, 0.1) is 12.6 Å². The van der Waals surface area contributed by atoms with Crippen LogP contribution in [-0.2, 0) is 4.79 Å². The van der Waals surface area contributed by atoms with Crippen molar-refractivity contribution in [2.24, 2.45) is 0 Å². The Balaban J connectivity index is 2.78. The van der Waals surface area contributed by atoms with E-state index in [9.17, 15) is 20.1 Å². The Labute approximate surface area is 79.6 Å². The molecule has 1 saturated heterocycles. The van der Waals surface area contributed by atoms with Gasteiger partial charge in [-0.2, -0.15) is 0 Å². The molecule has 5 atom stereocenters. The second-order valence-electron chi connectivity index (χ2n) is 3.24. The van der Waals surface area contributed by atoms with Crippen LogP contribution in [0.1, 0.15) is 0 Å². The lowest BCUT2D eigenvalue weighted by Gasteiger charge is -2.38. The van der Waals surface area contributed by atoms with E-state index < -0.39 is 43.0 Å². The molecule has 0 aromatic rings. The number of rotatable bonds is 2. The average molecular weight is 207 g/mol. The number of nitrogens with one attached hydrogen (secondary N) is 1. The molecule has 1 rings (SSSR count). The molecule has 0 unspecified atom stereocenters. The van der Waals surface area contributed by atoms with Crippen molar-refractivity contribution in [2.75, 3.05) is 6.61 Å². The first kappa shape index (κ1) is 11.3. The summed E-state index contributed by atoms with van der Waals surface area (Å²) in [4.78, 5) is 10.6. The number of carboxylic acid groups (broad SMARTS) is 1. The maximum absolute atomic E-state index is 10.6. The lowest BCUT2D eigenvalue weighted by Crippen LogP contribution is -2.67. The van der Waals surface area contributed by atoms with Crippen LogP contribution in [0.15, 0.2) is 0 Å². The Morgan fingerprint density at radius 3 is 2.14 bits per heavy atom. The summed E-state index contributed by atoms with van der Waals surface area (Å²) in [7, 11) is 0. The third kappa shape index (κ3) is 1.86. The van der Waals surface area contributed by atoms with Crippen molar-refractivity contribution in [1.82, 2.24) is 5.32 Å². The Hall–Kier alpha value is -0.730. The fraction of sp³-hybridized carbons (Fsp3) is 0.857. The van der Waals surface area contributed by atoms with Crippen molar-refractivity contribution in [1.29, 1.82) is 0 Å². The Morgan fingerprint density at radius 1 is 1.14 bits per heavy atom. The summed E-state index contributed by atoms with van der Waals surface area (Å²) >= 11 is 0. The second kappa shape index (κ2) is 4.20. The van der Waals surface area contributed by atoms with E-state index >= 15 is 0 Å². The first-order valence-electron chi connectivity index (χ1n) is 4.13. The zero-order chi connectivity index (χ0) is 10.9. The predicted molar refractivity (Wildman–Crippen MR) is 43.5 cm³/mol. The highest BCUT2D eigenvalue weighted by Gasteiger charge is 2.44. The summed E-state index contributed by atoms with van der Waals surface area (Å²) in [5.41, 5.74) is 0. The van der Waals surface area contributed by atoms with Crippen molar-refractivity contribution >= 4 is 5.97 Å². The highest BCUT2D eigenvalue weighted by atomic mass is 16.4. The van der Waals surface area contributed by atoms with Crippen molar-refractivity contribution < 1.29 is 30.3 Å². The molecular formula is C7H13NO6. The standard InChI is InChI=1S/C7H13NO6/c9-1-2-4(10)6(12)5(11)3(8-2)7(13)14/h2-6,8-12H,1H2,(H,13,14)/t2-,3-,4-,5-,6-/m0/s1. The molecule has 82 valence electrons. The minimum absolute atomic E-state index is 0.519. The zero-order valence-electron chi connectivity index (χ0n) is 7.24. The maximum atomic E-state index is 10.6. The largest absolute Gasteiger partial charge is 0.480 e. The van der Waals surface area contributed by atoms with Crippen LogP contribution >= 0.6 is 0 Å². The van der Waals surface area contributed by atoms with E-state index in [1.807, 2.05) is 0 Å². The normalized spacial score (nSPS) is 43.6. The van der Waals surface area contributed by atoms with E-state index in [1.165, 1.54) is 0 Å². The van der Waals surface area contributed by atoms with E-state index in [2.05, 4.69) is 5.32 Å². The molecule has 0 bridgehead atoms. The van der Waals surface area contributed by atoms with Gasteiger partial charge in [0.15, 0.2) is 0 Å². The third-order valence-corrected chi connectivity index (χ3v) is 2.31. The molecule has 1 aliphatic rings. The number of piperidine rings is 1. The number of aliphatic hydroxyl groups excluding tert-OH is 4. The van der Waals surface area contributed by atoms with Crippen molar-refractivity contribution in [3.8, 4) is 0 Å². The SMILES string of the molecule is O=C(O)[C@H]1N[C@@H](CO)[C@H](O)[C@H](O)[C@H]1O. The summed E-state index contributed by atoms with van der Waals surface area (Å²) in [6.07, 6.45) is -4.55. The van der Waals surface area contributed by atoms with Crippen LogP contribution in [-0.4, -0.2) is 68.5 Å². The fourth-order valence-electron chi connectivity index (χ4n) is 1.44. The topological polar surface area (TPSA) is 130 Å². The maximum Gasteiger partial charge on any atom is 0.323 e. The van der Waals surface area contributed by atoms with Crippen LogP contribution in [0, 0.1) is 0 Å². The van der Waals surface area contributed by atoms with E-state index in [0.717, 1.165) is 0 Å². The first-order chi connectivity index (χ1) is 6.49. The Bertz CT molecular complexity index is 220. The molecule has 7 nitrogen and oxygen atoms in total. The molecule has 6 N–H and O–H groups in total. The molecular weight excluding hydrogens is 194 g/mol. The molecule has 7 heteroatoms. The van der Waals surface area contributed by atoms with E-state index in [1.54, 1.807) is 0 Å². The van der Waals surface area contributed by atoms with Crippen molar-refractivity contribution in [3.63, 3.8) is 0 Å². The lowest BCUT2D eigenvalue weighted by molar-refractivity contribution is -0.158. The second-order valence-corrected chi connectivity index (χ2v) is 3.24. The van der Waals surface area contributed by atoms with Crippen LogP contribution in [0.25, 0.3) is 0 Å². The van der Waals surface area contributed by atoms with Crippen LogP contribution in [0.4, 0.5) is 0 Å². The number of carboxylic acids is 1. The quantitative estimate of drug-likeness (QED) is 0.277. The molecule has 1 aliphatic heterocycles. The molecule has 0 aliphatic carbocycles. The number of aliphatic hydroxyl groups is 4. The van der Waals surface area contributed by atoms with Crippen LogP contribution in [0.3, 0.4) is 0 Å². The van der Waals surface area contributed by atoms with Crippen molar-refractivity contribution in [3.05, 3.63) is 0 Å². The average Bonchev–Trinajstić information content (AvgIpc) is 2.14. The smallest absolute Gasteiger partial charge is 0.323 e.